The second-order valence-corrected chi connectivity index (χ2v) is 6.64. The molecule has 0 aliphatic rings. The zero-order valence-corrected chi connectivity index (χ0v) is 14.5. The minimum Gasteiger partial charge on any atom is -0.359 e. The maximum absolute atomic E-state index is 11.4. The molecule has 0 aliphatic carbocycles. The lowest BCUT2D eigenvalue weighted by molar-refractivity contribution is 0.483. The Hall–Kier alpha value is -3.75. The Morgan fingerprint density at radius 1 is 1.19 bits per heavy atom. The van der Waals surface area contributed by atoms with Crippen molar-refractivity contribution in [3.63, 3.8) is 0 Å². The van der Waals surface area contributed by atoms with Gasteiger partial charge in [0.05, 0.1) is 16.3 Å². The van der Waals surface area contributed by atoms with E-state index in [2.05, 4.69) is 31.3 Å². The molecule has 0 atom stereocenters. The van der Waals surface area contributed by atoms with Crippen LogP contribution in [-0.2, 0) is 10.1 Å². The number of nitrogens with zero attached hydrogens (tertiary/aromatic N) is 4. The van der Waals surface area contributed by atoms with E-state index >= 15 is 0 Å². The van der Waals surface area contributed by atoms with Crippen LogP contribution >= 0.6 is 0 Å². The van der Waals surface area contributed by atoms with E-state index in [1.165, 1.54) is 24.4 Å². The zero-order chi connectivity index (χ0) is 19.3. The largest absolute Gasteiger partial charge is 0.359 e. The number of para-hydroxylation sites is 1. The van der Waals surface area contributed by atoms with Gasteiger partial charge in [-0.05, 0) is 35.5 Å². The third-order valence-corrected chi connectivity index (χ3v) is 4.27. The third kappa shape index (κ3) is 4.46. The number of rotatable bonds is 6. The summed E-state index contributed by atoms with van der Waals surface area (Å²) >= 11 is 0. The van der Waals surface area contributed by atoms with Crippen molar-refractivity contribution < 1.29 is 13.0 Å². The molecule has 0 saturated heterocycles. The second-order valence-electron chi connectivity index (χ2n) is 5.22. The van der Waals surface area contributed by atoms with Gasteiger partial charge in [-0.15, -0.1) is 10.2 Å². The van der Waals surface area contributed by atoms with Crippen molar-refractivity contribution in [3.8, 4) is 6.07 Å². The van der Waals surface area contributed by atoms with Gasteiger partial charge in [-0.2, -0.15) is 18.9 Å². The first kappa shape index (κ1) is 18.1. The van der Waals surface area contributed by atoms with Crippen LogP contribution < -0.4 is 10.6 Å². The lowest BCUT2D eigenvalue weighted by atomic mass is 10.2. The number of hydrogen-bond acceptors (Lipinski definition) is 8. The molecule has 0 radical (unpaired) electrons. The van der Waals surface area contributed by atoms with Gasteiger partial charge in [0.15, 0.2) is 0 Å². The molecule has 0 bridgehead atoms. The highest BCUT2D eigenvalue weighted by molar-refractivity contribution is 7.85. The molecule has 1 heterocycles. The summed E-state index contributed by atoms with van der Waals surface area (Å²) < 4.78 is 32.2. The Morgan fingerprint density at radius 2 is 1.96 bits per heavy atom. The van der Waals surface area contributed by atoms with Gasteiger partial charge in [0, 0.05) is 11.9 Å². The van der Waals surface area contributed by atoms with E-state index in [1.807, 2.05) is 36.4 Å². The fraction of sp³-hybridized carbons (Fsp3) is 0. The SMILES string of the molecule is N#CC(=CNc1cc(S(=O)(=O)O)ccc1Nc1ccccc1)c1nn[nH]n1. The molecule has 0 spiro atoms. The number of aromatic nitrogens is 4. The van der Waals surface area contributed by atoms with Gasteiger partial charge >= 0.3 is 0 Å². The summed E-state index contributed by atoms with van der Waals surface area (Å²) in [5.41, 5.74) is 1.68. The van der Waals surface area contributed by atoms with Crippen molar-refractivity contribution >= 4 is 32.8 Å². The third-order valence-electron chi connectivity index (χ3n) is 3.42. The van der Waals surface area contributed by atoms with Gasteiger partial charge in [0.1, 0.15) is 11.6 Å². The van der Waals surface area contributed by atoms with Crippen LogP contribution in [0.15, 0.2) is 59.6 Å². The Balaban J connectivity index is 1.98. The smallest absolute Gasteiger partial charge is 0.294 e. The molecule has 0 aliphatic heterocycles. The minimum atomic E-state index is -4.40. The number of hydrogen-bond donors (Lipinski definition) is 4. The number of nitrogens with one attached hydrogen (secondary N) is 3. The first-order valence-corrected chi connectivity index (χ1v) is 8.95. The van der Waals surface area contributed by atoms with E-state index in [1.54, 1.807) is 0 Å². The average molecular weight is 383 g/mol. The number of tetrazole rings is 1. The molecule has 1 aromatic heterocycles. The van der Waals surface area contributed by atoms with Crippen LogP contribution in [0.3, 0.4) is 0 Å². The predicted molar refractivity (Wildman–Crippen MR) is 97.4 cm³/mol. The van der Waals surface area contributed by atoms with Crippen LogP contribution in [0.2, 0.25) is 0 Å². The molecule has 3 rings (SSSR count). The van der Waals surface area contributed by atoms with Crippen molar-refractivity contribution in [1.82, 2.24) is 20.6 Å². The number of anilines is 3. The topological polar surface area (TPSA) is 157 Å². The summed E-state index contributed by atoms with van der Waals surface area (Å²) in [5.74, 6) is 0.0773. The second kappa shape index (κ2) is 7.65. The van der Waals surface area contributed by atoms with Crippen molar-refractivity contribution in [3.05, 3.63) is 60.6 Å². The van der Waals surface area contributed by atoms with E-state index in [4.69, 9.17) is 0 Å². The molecule has 11 heteroatoms. The molecule has 3 aromatic rings. The molecule has 136 valence electrons. The molecule has 4 N–H and O–H groups in total. The van der Waals surface area contributed by atoms with E-state index in [9.17, 15) is 18.2 Å². The van der Waals surface area contributed by atoms with Crippen molar-refractivity contribution in [2.75, 3.05) is 10.6 Å². The van der Waals surface area contributed by atoms with Crippen molar-refractivity contribution in [2.45, 2.75) is 4.90 Å². The number of allylic oxidation sites excluding steroid dienone is 1. The van der Waals surface area contributed by atoms with Gasteiger partial charge < -0.3 is 10.6 Å². The summed E-state index contributed by atoms with van der Waals surface area (Å²) in [7, 11) is -4.40. The maximum atomic E-state index is 11.4. The number of H-pyrrole nitrogens is 1. The quantitative estimate of drug-likeness (QED) is 0.370. The number of nitriles is 1. The summed E-state index contributed by atoms with van der Waals surface area (Å²) in [5, 5.41) is 28.3. The van der Waals surface area contributed by atoms with E-state index in [-0.39, 0.29) is 16.3 Å². The lowest BCUT2D eigenvalue weighted by Gasteiger charge is -2.13. The Labute approximate surface area is 154 Å². The van der Waals surface area contributed by atoms with Crippen LogP contribution in [0.25, 0.3) is 5.57 Å². The van der Waals surface area contributed by atoms with Crippen LogP contribution in [0.5, 0.6) is 0 Å². The maximum Gasteiger partial charge on any atom is 0.294 e. The molecule has 0 fully saturated rings. The van der Waals surface area contributed by atoms with Crippen LogP contribution in [0.1, 0.15) is 5.82 Å². The van der Waals surface area contributed by atoms with Gasteiger partial charge in [0.25, 0.3) is 10.1 Å². The van der Waals surface area contributed by atoms with E-state index in [0.29, 0.717) is 11.4 Å². The standard InChI is InChI=1S/C16H13N7O3S/c17-9-11(16-20-22-23-21-16)10-18-15-8-13(27(24,25)26)6-7-14(15)19-12-4-2-1-3-5-12/h1-8,10,18-19H,(H,24,25,26)(H,20,21,22,23). The highest BCUT2D eigenvalue weighted by Gasteiger charge is 2.13. The molecule has 0 saturated carbocycles. The van der Waals surface area contributed by atoms with Crippen LogP contribution in [0.4, 0.5) is 17.1 Å². The first-order chi connectivity index (χ1) is 13.0. The van der Waals surface area contributed by atoms with E-state index in [0.717, 1.165) is 5.69 Å². The summed E-state index contributed by atoms with van der Waals surface area (Å²) in [6, 6.07) is 15.1. The fourth-order valence-electron chi connectivity index (χ4n) is 2.16. The van der Waals surface area contributed by atoms with Crippen LogP contribution in [0, 0.1) is 11.3 Å². The van der Waals surface area contributed by atoms with Crippen LogP contribution in [-0.4, -0.2) is 33.6 Å². The molecule has 0 amide bonds. The molecule has 10 nitrogen and oxygen atoms in total. The summed E-state index contributed by atoms with van der Waals surface area (Å²) in [6.45, 7) is 0. The minimum absolute atomic E-state index is 0.0756. The Bertz CT molecular complexity index is 1100. The first-order valence-electron chi connectivity index (χ1n) is 7.51. The lowest BCUT2D eigenvalue weighted by Crippen LogP contribution is -2.03. The summed E-state index contributed by atoms with van der Waals surface area (Å²) in [4.78, 5) is -0.296. The van der Waals surface area contributed by atoms with E-state index < -0.39 is 10.1 Å². The van der Waals surface area contributed by atoms with Gasteiger partial charge in [-0.1, -0.05) is 18.2 Å². The average Bonchev–Trinajstić information content (AvgIpc) is 3.18. The Kier molecular flexibility index (Phi) is 5.11. The zero-order valence-electron chi connectivity index (χ0n) is 13.7. The monoisotopic (exact) mass is 383 g/mol. The predicted octanol–water partition coefficient (Wildman–Crippen LogP) is 2.17. The van der Waals surface area contributed by atoms with Gasteiger partial charge in [-0.25, -0.2) is 0 Å². The van der Waals surface area contributed by atoms with Crippen molar-refractivity contribution in [1.29, 1.82) is 5.26 Å². The molecule has 27 heavy (non-hydrogen) atoms. The fourth-order valence-corrected chi connectivity index (χ4v) is 2.67. The Morgan fingerprint density at radius 3 is 2.59 bits per heavy atom. The molecule has 0 unspecified atom stereocenters. The normalized spacial score (nSPS) is 11.6. The number of aromatic amines is 1. The molecular weight excluding hydrogens is 370 g/mol. The van der Waals surface area contributed by atoms with Gasteiger partial charge in [0.2, 0.25) is 5.82 Å². The highest BCUT2D eigenvalue weighted by Crippen LogP contribution is 2.29. The van der Waals surface area contributed by atoms with Gasteiger partial charge in [-0.3, -0.25) is 4.55 Å². The molecule has 2 aromatic carbocycles. The highest BCUT2D eigenvalue weighted by atomic mass is 32.2. The number of benzene rings is 2. The van der Waals surface area contributed by atoms with Crippen molar-refractivity contribution in [2.24, 2.45) is 0 Å². The molecular formula is C16H13N7O3S. The summed E-state index contributed by atoms with van der Waals surface area (Å²) in [6.07, 6.45) is 1.31.